The number of rotatable bonds is 4. The zero-order valence-corrected chi connectivity index (χ0v) is 15.0. The van der Waals surface area contributed by atoms with E-state index in [4.69, 9.17) is 28.9 Å². The molecule has 0 saturated heterocycles. The molecule has 3 aromatic carbocycles. The van der Waals surface area contributed by atoms with Crippen LogP contribution >= 0.6 is 23.2 Å². The first-order valence-corrected chi connectivity index (χ1v) is 8.87. The molecule has 0 saturated carbocycles. The SMILES string of the molecule is NCCc1cc(Nc2ccc(Cl)cc2Cl)cc2c1[nH]c1ccccc12. The highest BCUT2D eigenvalue weighted by molar-refractivity contribution is 6.36. The lowest BCUT2D eigenvalue weighted by Gasteiger charge is -2.11. The molecule has 126 valence electrons. The quantitative estimate of drug-likeness (QED) is 0.421. The van der Waals surface area contributed by atoms with Gasteiger partial charge < -0.3 is 16.0 Å². The number of benzene rings is 3. The number of anilines is 2. The van der Waals surface area contributed by atoms with E-state index in [-0.39, 0.29) is 0 Å². The minimum absolute atomic E-state index is 0.590. The van der Waals surface area contributed by atoms with Crippen LogP contribution in [0.4, 0.5) is 11.4 Å². The average molecular weight is 370 g/mol. The Hall–Kier alpha value is -2.20. The van der Waals surface area contributed by atoms with E-state index in [0.29, 0.717) is 16.6 Å². The third kappa shape index (κ3) is 3.07. The minimum Gasteiger partial charge on any atom is -0.354 e. The van der Waals surface area contributed by atoms with Crippen LogP contribution < -0.4 is 11.1 Å². The van der Waals surface area contributed by atoms with E-state index in [1.54, 1.807) is 6.07 Å². The van der Waals surface area contributed by atoms with Crippen molar-refractivity contribution in [3.63, 3.8) is 0 Å². The van der Waals surface area contributed by atoms with Gasteiger partial charge >= 0.3 is 0 Å². The number of H-pyrrole nitrogens is 1. The maximum atomic E-state index is 6.30. The number of para-hydroxylation sites is 1. The maximum Gasteiger partial charge on any atom is 0.0655 e. The molecule has 1 heterocycles. The molecule has 1 aromatic heterocycles. The molecule has 0 atom stereocenters. The zero-order valence-electron chi connectivity index (χ0n) is 13.4. The Kier molecular flexibility index (Phi) is 4.30. The van der Waals surface area contributed by atoms with E-state index in [1.165, 1.54) is 16.3 Å². The number of fused-ring (bicyclic) bond motifs is 3. The number of aromatic amines is 1. The van der Waals surface area contributed by atoms with Gasteiger partial charge in [-0.3, -0.25) is 0 Å². The van der Waals surface area contributed by atoms with E-state index < -0.39 is 0 Å². The number of nitrogens with one attached hydrogen (secondary N) is 2. The topological polar surface area (TPSA) is 53.8 Å². The summed E-state index contributed by atoms with van der Waals surface area (Å²) < 4.78 is 0. The molecule has 0 unspecified atom stereocenters. The highest BCUT2D eigenvalue weighted by Crippen LogP contribution is 2.34. The van der Waals surface area contributed by atoms with Crippen molar-refractivity contribution in [2.45, 2.75) is 6.42 Å². The lowest BCUT2D eigenvalue weighted by atomic mass is 10.0. The highest BCUT2D eigenvalue weighted by atomic mass is 35.5. The fraction of sp³-hybridized carbons (Fsp3) is 0.100. The van der Waals surface area contributed by atoms with E-state index in [2.05, 4.69) is 34.6 Å². The van der Waals surface area contributed by atoms with Crippen LogP contribution in [0.5, 0.6) is 0 Å². The van der Waals surface area contributed by atoms with Crippen LogP contribution in [0.15, 0.2) is 54.6 Å². The van der Waals surface area contributed by atoms with Gasteiger partial charge in [0.25, 0.3) is 0 Å². The van der Waals surface area contributed by atoms with Crippen molar-refractivity contribution in [1.29, 1.82) is 0 Å². The standard InChI is InChI=1S/C20H17Cl2N3/c21-13-5-6-19(17(22)10-13)24-14-9-12(7-8-23)20-16(11-14)15-3-1-2-4-18(15)25-20/h1-6,9-11,24-25H,7-8,23H2. The molecule has 0 spiro atoms. The molecule has 0 bridgehead atoms. The van der Waals surface area contributed by atoms with Crippen LogP contribution in [0.25, 0.3) is 21.8 Å². The van der Waals surface area contributed by atoms with Gasteiger partial charge in [0.05, 0.1) is 10.7 Å². The second-order valence-corrected chi connectivity index (χ2v) is 6.86. The molecule has 0 radical (unpaired) electrons. The summed E-state index contributed by atoms with van der Waals surface area (Å²) in [5, 5.41) is 6.98. The molecule has 3 nitrogen and oxygen atoms in total. The Labute approximate surface area is 155 Å². The van der Waals surface area contributed by atoms with Gasteiger partial charge in [-0.2, -0.15) is 0 Å². The van der Waals surface area contributed by atoms with Crippen LogP contribution in [-0.4, -0.2) is 11.5 Å². The Morgan fingerprint density at radius 1 is 0.960 bits per heavy atom. The largest absolute Gasteiger partial charge is 0.354 e. The average Bonchev–Trinajstić information content (AvgIpc) is 2.97. The van der Waals surface area contributed by atoms with E-state index in [9.17, 15) is 0 Å². The van der Waals surface area contributed by atoms with E-state index in [0.717, 1.165) is 28.8 Å². The summed E-state index contributed by atoms with van der Waals surface area (Å²) in [7, 11) is 0. The predicted octanol–water partition coefficient (Wildman–Crippen LogP) is 5.87. The van der Waals surface area contributed by atoms with Crippen molar-refractivity contribution >= 4 is 56.4 Å². The van der Waals surface area contributed by atoms with Crippen molar-refractivity contribution in [3.8, 4) is 0 Å². The summed E-state index contributed by atoms with van der Waals surface area (Å²) in [5.41, 5.74) is 11.1. The molecular weight excluding hydrogens is 353 g/mol. The number of aromatic nitrogens is 1. The third-order valence-electron chi connectivity index (χ3n) is 4.32. The summed E-state index contributed by atoms with van der Waals surface area (Å²) >= 11 is 12.3. The third-order valence-corrected chi connectivity index (χ3v) is 4.87. The van der Waals surface area contributed by atoms with Gasteiger partial charge in [-0.05, 0) is 54.9 Å². The van der Waals surface area contributed by atoms with Gasteiger partial charge in [-0.25, -0.2) is 0 Å². The van der Waals surface area contributed by atoms with E-state index in [1.807, 2.05) is 24.3 Å². The first-order valence-electron chi connectivity index (χ1n) is 8.11. The first kappa shape index (κ1) is 16.3. The van der Waals surface area contributed by atoms with Gasteiger partial charge in [0.15, 0.2) is 0 Å². The van der Waals surface area contributed by atoms with Gasteiger partial charge in [-0.1, -0.05) is 41.4 Å². The van der Waals surface area contributed by atoms with Crippen LogP contribution in [-0.2, 0) is 6.42 Å². The fourth-order valence-electron chi connectivity index (χ4n) is 3.20. The fourth-order valence-corrected chi connectivity index (χ4v) is 3.65. The smallest absolute Gasteiger partial charge is 0.0655 e. The Bertz CT molecular complexity index is 1070. The molecule has 0 fully saturated rings. The van der Waals surface area contributed by atoms with E-state index >= 15 is 0 Å². The highest BCUT2D eigenvalue weighted by Gasteiger charge is 2.11. The molecular formula is C20H17Cl2N3. The number of nitrogens with two attached hydrogens (primary N) is 1. The molecule has 5 heteroatoms. The molecule has 4 rings (SSSR count). The molecule has 0 aliphatic heterocycles. The van der Waals surface area contributed by atoms with Crippen molar-refractivity contribution in [2.24, 2.45) is 5.73 Å². The van der Waals surface area contributed by atoms with Crippen LogP contribution in [0.2, 0.25) is 10.0 Å². The lowest BCUT2D eigenvalue weighted by Crippen LogP contribution is -2.04. The summed E-state index contributed by atoms with van der Waals surface area (Å²) in [6.45, 7) is 0.593. The van der Waals surface area contributed by atoms with Crippen molar-refractivity contribution in [2.75, 3.05) is 11.9 Å². The van der Waals surface area contributed by atoms with Gasteiger partial charge in [0.2, 0.25) is 0 Å². The number of hydrogen-bond acceptors (Lipinski definition) is 2. The van der Waals surface area contributed by atoms with Crippen LogP contribution in [0.3, 0.4) is 0 Å². The molecule has 25 heavy (non-hydrogen) atoms. The number of halogens is 2. The summed E-state index contributed by atoms with van der Waals surface area (Å²) in [6.07, 6.45) is 0.799. The minimum atomic E-state index is 0.590. The Morgan fingerprint density at radius 2 is 1.80 bits per heavy atom. The molecule has 4 aromatic rings. The van der Waals surface area contributed by atoms with Crippen LogP contribution in [0, 0.1) is 0 Å². The van der Waals surface area contributed by atoms with Crippen LogP contribution in [0.1, 0.15) is 5.56 Å². The van der Waals surface area contributed by atoms with Gasteiger partial charge in [-0.15, -0.1) is 0 Å². The Morgan fingerprint density at radius 3 is 2.60 bits per heavy atom. The molecule has 4 N–H and O–H groups in total. The van der Waals surface area contributed by atoms with Crippen molar-refractivity contribution < 1.29 is 0 Å². The monoisotopic (exact) mass is 369 g/mol. The normalized spacial score (nSPS) is 11.3. The predicted molar refractivity (Wildman–Crippen MR) is 108 cm³/mol. The summed E-state index contributed by atoms with van der Waals surface area (Å²) in [4.78, 5) is 3.51. The first-order chi connectivity index (χ1) is 12.2. The molecule has 0 aliphatic rings. The zero-order chi connectivity index (χ0) is 17.4. The molecule has 0 amide bonds. The van der Waals surface area contributed by atoms with Gasteiger partial charge in [0, 0.05) is 32.5 Å². The number of hydrogen-bond donors (Lipinski definition) is 3. The lowest BCUT2D eigenvalue weighted by molar-refractivity contribution is 0.975. The second-order valence-electron chi connectivity index (χ2n) is 6.02. The second kappa shape index (κ2) is 6.60. The van der Waals surface area contributed by atoms with Crippen molar-refractivity contribution in [3.05, 3.63) is 70.2 Å². The Balaban J connectivity index is 1.87. The van der Waals surface area contributed by atoms with Crippen molar-refractivity contribution in [1.82, 2.24) is 4.98 Å². The summed E-state index contributed by atoms with van der Waals surface area (Å²) in [5.74, 6) is 0. The summed E-state index contributed by atoms with van der Waals surface area (Å²) in [6, 6.07) is 18.0. The maximum absolute atomic E-state index is 6.30. The molecule has 0 aliphatic carbocycles. The van der Waals surface area contributed by atoms with Gasteiger partial charge in [0.1, 0.15) is 0 Å².